The zero-order valence-corrected chi connectivity index (χ0v) is 16.9. The second-order valence-corrected chi connectivity index (χ2v) is 7.90. The molecule has 1 atom stereocenters. The molecule has 0 radical (unpaired) electrons. The SMILES string of the molecule is CC(O)c1c2nc(cc3nc(cc4ccc(cc5ccc1[nH]5)[nH]4)-c1ccccc1-3)C=C2. The van der Waals surface area contributed by atoms with Gasteiger partial charge in [-0.3, -0.25) is 0 Å². The summed E-state index contributed by atoms with van der Waals surface area (Å²) in [6, 6.07) is 22.5. The molecule has 4 aromatic rings. The lowest BCUT2D eigenvalue weighted by atomic mass is 10.0. The number of nitrogens with one attached hydrogen (secondary N) is 2. The van der Waals surface area contributed by atoms with Crippen molar-refractivity contribution in [2.24, 2.45) is 0 Å². The average Bonchev–Trinajstić information content (AvgIpc) is 3.53. The van der Waals surface area contributed by atoms with Crippen molar-refractivity contribution in [2.45, 2.75) is 13.0 Å². The van der Waals surface area contributed by atoms with Crippen molar-refractivity contribution in [3.8, 4) is 22.5 Å². The van der Waals surface area contributed by atoms with Gasteiger partial charge in [0.05, 0.1) is 28.9 Å². The van der Waals surface area contributed by atoms with Crippen molar-refractivity contribution < 1.29 is 5.11 Å². The molecule has 31 heavy (non-hydrogen) atoms. The summed E-state index contributed by atoms with van der Waals surface area (Å²) in [6.45, 7) is 1.77. The molecule has 3 N–H and O–H groups in total. The maximum atomic E-state index is 10.5. The minimum Gasteiger partial charge on any atom is -0.389 e. The van der Waals surface area contributed by atoms with E-state index in [1.54, 1.807) is 6.92 Å². The summed E-state index contributed by atoms with van der Waals surface area (Å²) in [6.07, 6.45) is 3.25. The van der Waals surface area contributed by atoms with E-state index >= 15 is 0 Å². The van der Waals surface area contributed by atoms with Crippen molar-refractivity contribution in [1.82, 2.24) is 19.9 Å². The molecule has 150 valence electrons. The van der Waals surface area contributed by atoms with E-state index in [2.05, 4.69) is 34.2 Å². The van der Waals surface area contributed by atoms with E-state index in [0.29, 0.717) is 0 Å². The quantitative estimate of drug-likeness (QED) is 0.321. The lowest BCUT2D eigenvalue weighted by Gasteiger charge is -2.05. The Morgan fingerprint density at radius 1 is 0.742 bits per heavy atom. The van der Waals surface area contributed by atoms with Crippen molar-refractivity contribution in [2.75, 3.05) is 0 Å². The maximum Gasteiger partial charge on any atom is 0.0803 e. The van der Waals surface area contributed by atoms with Gasteiger partial charge in [-0.2, -0.15) is 0 Å². The summed E-state index contributed by atoms with van der Waals surface area (Å²) in [4.78, 5) is 16.5. The first-order valence-corrected chi connectivity index (χ1v) is 10.3. The van der Waals surface area contributed by atoms with Crippen LogP contribution in [-0.4, -0.2) is 25.0 Å². The number of H-pyrrole nitrogens is 2. The van der Waals surface area contributed by atoms with Crippen LogP contribution >= 0.6 is 0 Å². The largest absolute Gasteiger partial charge is 0.389 e. The van der Waals surface area contributed by atoms with Gasteiger partial charge in [0, 0.05) is 38.8 Å². The molecule has 0 fully saturated rings. The van der Waals surface area contributed by atoms with Crippen molar-refractivity contribution >= 4 is 34.2 Å². The van der Waals surface area contributed by atoms with Crippen molar-refractivity contribution in [3.05, 3.63) is 83.7 Å². The predicted octanol–water partition coefficient (Wildman–Crippen LogP) is 5.87. The fourth-order valence-electron chi connectivity index (χ4n) is 4.29. The normalized spacial score (nSPS) is 13.2. The molecule has 3 aromatic heterocycles. The van der Waals surface area contributed by atoms with Gasteiger partial charge in [-0.05, 0) is 61.5 Å². The average molecular weight is 404 g/mol. The second-order valence-electron chi connectivity index (χ2n) is 7.90. The number of fused-ring (bicyclic) bond motifs is 11. The van der Waals surface area contributed by atoms with E-state index < -0.39 is 6.10 Å². The summed E-state index contributed by atoms with van der Waals surface area (Å²) < 4.78 is 0. The first kappa shape index (κ1) is 17.9. The molecule has 6 rings (SSSR count). The van der Waals surface area contributed by atoms with Crippen LogP contribution in [-0.2, 0) is 0 Å². The topological polar surface area (TPSA) is 77.6 Å². The first-order chi connectivity index (χ1) is 15.1. The summed E-state index contributed by atoms with van der Waals surface area (Å²) in [5.74, 6) is 0. The van der Waals surface area contributed by atoms with Crippen molar-refractivity contribution in [3.63, 3.8) is 0 Å². The number of aliphatic hydroxyl groups excluding tert-OH is 1. The number of hydrogen-bond acceptors (Lipinski definition) is 3. The van der Waals surface area contributed by atoms with Crippen LogP contribution in [0.1, 0.15) is 30.0 Å². The Morgan fingerprint density at radius 2 is 1.42 bits per heavy atom. The monoisotopic (exact) mass is 404 g/mol. The molecule has 0 saturated carbocycles. The molecule has 5 heterocycles. The highest BCUT2D eigenvalue weighted by Gasteiger charge is 2.17. The van der Waals surface area contributed by atoms with Gasteiger partial charge in [-0.1, -0.05) is 24.3 Å². The number of benzene rings is 1. The van der Waals surface area contributed by atoms with E-state index in [1.165, 1.54) is 0 Å². The van der Waals surface area contributed by atoms with E-state index in [9.17, 15) is 5.11 Å². The van der Waals surface area contributed by atoms with E-state index in [1.807, 2.05) is 54.6 Å². The van der Waals surface area contributed by atoms with Gasteiger partial charge in [0.25, 0.3) is 0 Å². The molecule has 0 saturated heterocycles. The van der Waals surface area contributed by atoms with Crippen molar-refractivity contribution in [1.29, 1.82) is 0 Å². The third-order valence-corrected chi connectivity index (χ3v) is 5.69. The van der Waals surface area contributed by atoms with Gasteiger partial charge >= 0.3 is 0 Å². The number of aliphatic hydroxyl groups is 1. The summed E-state index contributed by atoms with van der Waals surface area (Å²) in [5, 5.41) is 10.5. The number of hydrogen-bond donors (Lipinski definition) is 3. The van der Waals surface area contributed by atoms with Crippen LogP contribution in [0, 0.1) is 0 Å². The smallest absolute Gasteiger partial charge is 0.0803 e. The minimum atomic E-state index is -0.663. The van der Waals surface area contributed by atoms with Crippen LogP contribution in [0.25, 0.3) is 56.7 Å². The highest BCUT2D eigenvalue weighted by molar-refractivity contribution is 5.87. The molecule has 5 nitrogen and oxygen atoms in total. The lowest BCUT2D eigenvalue weighted by Crippen LogP contribution is -1.95. The highest BCUT2D eigenvalue weighted by Crippen LogP contribution is 2.36. The third kappa shape index (κ3) is 3.07. The van der Waals surface area contributed by atoms with E-state index in [4.69, 9.17) is 9.97 Å². The lowest BCUT2D eigenvalue weighted by molar-refractivity contribution is 0.200. The Morgan fingerprint density at radius 3 is 2.19 bits per heavy atom. The van der Waals surface area contributed by atoms with Gasteiger partial charge in [-0.15, -0.1) is 0 Å². The third-order valence-electron chi connectivity index (χ3n) is 5.69. The van der Waals surface area contributed by atoms with Gasteiger partial charge in [-0.25, -0.2) is 9.97 Å². The van der Waals surface area contributed by atoms with Crippen LogP contribution in [0.2, 0.25) is 0 Å². The minimum absolute atomic E-state index is 0.663. The molecule has 2 aliphatic heterocycles. The molecular formula is C26H20N4O. The second kappa shape index (κ2) is 6.79. The van der Waals surface area contributed by atoms with Crippen LogP contribution in [0.15, 0.2) is 66.7 Å². The predicted molar refractivity (Wildman–Crippen MR) is 125 cm³/mol. The molecule has 8 bridgehead atoms. The van der Waals surface area contributed by atoms with Gasteiger partial charge < -0.3 is 15.1 Å². The number of rotatable bonds is 1. The summed E-state index contributed by atoms with van der Waals surface area (Å²) in [7, 11) is 0. The van der Waals surface area contributed by atoms with Crippen LogP contribution in [0.5, 0.6) is 0 Å². The van der Waals surface area contributed by atoms with Gasteiger partial charge in [0.2, 0.25) is 0 Å². The standard InChI is InChI=1S/C26H20N4O/c1-15(31)26-22-10-8-17(28-22)12-16-6-7-18(27-16)13-24-20-4-2-3-5-21(20)25(30-24)14-19-9-11-23(26)29-19/h2-15,27-28,31H,1H3. The molecule has 1 unspecified atom stereocenters. The van der Waals surface area contributed by atoms with E-state index in [-0.39, 0.29) is 0 Å². The highest BCUT2D eigenvalue weighted by atomic mass is 16.3. The molecule has 0 aliphatic carbocycles. The maximum absolute atomic E-state index is 10.5. The number of nitrogens with zero attached hydrogens (tertiary/aromatic N) is 2. The molecule has 2 aliphatic rings. The number of aromatic amines is 2. The zero-order chi connectivity index (χ0) is 20.9. The molecule has 5 heteroatoms. The Kier molecular flexibility index (Phi) is 3.91. The van der Waals surface area contributed by atoms with E-state index in [0.717, 1.165) is 61.5 Å². The number of aromatic nitrogens is 4. The van der Waals surface area contributed by atoms with Gasteiger partial charge in [0.15, 0.2) is 0 Å². The van der Waals surface area contributed by atoms with Crippen LogP contribution in [0.4, 0.5) is 0 Å². The molecule has 0 spiro atoms. The fraction of sp³-hybridized carbons (Fsp3) is 0.0769. The van der Waals surface area contributed by atoms with Crippen LogP contribution in [0.3, 0.4) is 0 Å². The molecule has 1 aromatic carbocycles. The summed E-state index contributed by atoms with van der Waals surface area (Å²) in [5.41, 5.74) is 10.1. The Balaban J connectivity index is 1.75. The Labute approximate surface area is 178 Å². The summed E-state index contributed by atoms with van der Waals surface area (Å²) >= 11 is 0. The Hall–Kier alpha value is -3.96. The Bertz CT molecular complexity index is 1520. The zero-order valence-electron chi connectivity index (χ0n) is 16.9. The molecular weight excluding hydrogens is 384 g/mol. The van der Waals surface area contributed by atoms with Gasteiger partial charge in [0.1, 0.15) is 0 Å². The fourth-order valence-corrected chi connectivity index (χ4v) is 4.29. The van der Waals surface area contributed by atoms with Crippen LogP contribution < -0.4 is 0 Å². The molecule has 0 amide bonds. The first-order valence-electron chi connectivity index (χ1n) is 10.3.